The van der Waals surface area contributed by atoms with E-state index in [0.29, 0.717) is 10.7 Å². The molecule has 0 spiro atoms. The predicted molar refractivity (Wildman–Crippen MR) is 154 cm³/mol. The van der Waals surface area contributed by atoms with Crippen molar-refractivity contribution in [3.05, 3.63) is 112 Å². The number of pyridine rings is 1. The monoisotopic (exact) mass is 662 g/mol. The summed E-state index contributed by atoms with van der Waals surface area (Å²) in [5.41, 5.74) is -7.78. The van der Waals surface area contributed by atoms with Crippen LogP contribution in [0.4, 0.5) is 30.7 Å². The van der Waals surface area contributed by atoms with Gasteiger partial charge >= 0.3 is 6.55 Å². The first-order valence-electron chi connectivity index (χ1n) is 13.7. The van der Waals surface area contributed by atoms with Gasteiger partial charge in [-0.3, -0.25) is 4.79 Å². The Balaban J connectivity index is 1.65. The quantitative estimate of drug-likeness (QED) is 0.130. The number of aromatic nitrogens is 3. The third-order valence-electron chi connectivity index (χ3n) is 7.39. The molecular formula is C32H25F7N4O4. The van der Waals surface area contributed by atoms with Gasteiger partial charge in [-0.15, -0.1) is 0 Å². The lowest BCUT2D eigenvalue weighted by atomic mass is 9.86. The van der Waals surface area contributed by atoms with E-state index in [1.54, 1.807) is 0 Å². The van der Waals surface area contributed by atoms with E-state index in [-0.39, 0.29) is 33.8 Å². The average molecular weight is 663 g/mol. The van der Waals surface area contributed by atoms with Gasteiger partial charge < -0.3 is 20.3 Å². The number of carbonyl (C=O) groups excluding carboxylic acids is 1. The third kappa shape index (κ3) is 6.36. The number of carbonyl (C=O) groups is 1. The van der Waals surface area contributed by atoms with Crippen molar-refractivity contribution in [2.45, 2.75) is 31.6 Å². The number of rotatable bonds is 9. The van der Waals surface area contributed by atoms with E-state index in [2.05, 4.69) is 15.4 Å². The van der Waals surface area contributed by atoms with Crippen LogP contribution in [0.1, 0.15) is 47.6 Å². The zero-order valence-electron chi connectivity index (χ0n) is 24.8. The van der Waals surface area contributed by atoms with Crippen LogP contribution in [0, 0.1) is 29.1 Å². The Morgan fingerprint density at radius 3 is 2.32 bits per heavy atom. The number of benzene rings is 3. The smallest absolute Gasteiger partial charge is 0.333 e. The molecule has 8 nitrogen and oxygen atoms in total. The minimum atomic E-state index is -2.98. The van der Waals surface area contributed by atoms with E-state index >= 15 is 4.39 Å². The second kappa shape index (κ2) is 12.3. The Morgan fingerprint density at radius 2 is 1.68 bits per heavy atom. The Bertz CT molecular complexity index is 2010. The SMILES string of the molecule is COc1cc(C(=O)NC[C@@](O)(c2cccc(F)c2)c2cc(C(C)(C)O)c(F)c(-c3cc(F)c(F)cc3F)n2)cc2cn(C(F)F)nc12. The largest absolute Gasteiger partial charge is 0.494 e. The minimum Gasteiger partial charge on any atom is -0.494 e. The summed E-state index contributed by atoms with van der Waals surface area (Å²) in [6.45, 7) is -1.48. The Kier molecular flexibility index (Phi) is 8.73. The summed E-state index contributed by atoms with van der Waals surface area (Å²) in [7, 11) is 1.23. The van der Waals surface area contributed by atoms with Gasteiger partial charge in [-0.05, 0) is 55.8 Å². The van der Waals surface area contributed by atoms with Crippen molar-refractivity contribution in [3.8, 4) is 17.0 Å². The van der Waals surface area contributed by atoms with Gasteiger partial charge in [0.15, 0.2) is 17.5 Å². The molecule has 0 aliphatic rings. The zero-order chi connectivity index (χ0) is 34.4. The standard InChI is InChI=1S/C32H25F7N4O4/c1-31(2,45)20-11-25(41-28(26(20)37)19-10-22(35)23(36)12-21(19)34)32(46,17-5-4-6-18(33)9-17)14-40-29(44)15-7-16-13-43(30(38)39)42-27(16)24(8-15)47-3/h4-13,30,45-46H,14H2,1-3H3,(H,40,44)/t32-/m1/s1. The van der Waals surface area contributed by atoms with Crippen molar-refractivity contribution in [1.29, 1.82) is 0 Å². The van der Waals surface area contributed by atoms with Crippen molar-refractivity contribution in [2.75, 3.05) is 13.7 Å². The van der Waals surface area contributed by atoms with Gasteiger partial charge in [-0.2, -0.15) is 13.9 Å². The van der Waals surface area contributed by atoms with E-state index in [1.807, 2.05) is 0 Å². The number of hydrogen-bond donors (Lipinski definition) is 3. The van der Waals surface area contributed by atoms with Gasteiger partial charge in [0.05, 0.1) is 24.9 Å². The molecule has 5 rings (SSSR count). The maximum Gasteiger partial charge on any atom is 0.333 e. The van der Waals surface area contributed by atoms with Crippen LogP contribution < -0.4 is 10.1 Å². The molecule has 15 heteroatoms. The zero-order valence-corrected chi connectivity index (χ0v) is 24.8. The number of methoxy groups -OCH3 is 1. The molecular weight excluding hydrogens is 637 g/mol. The molecule has 0 fully saturated rings. The van der Waals surface area contributed by atoms with Crippen molar-refractivity contribution in [2.24, 2.45) is 0 Å². The lowest BCUT2D eigenvalue weighted by Gasteiger charge is -2.31. The lowest BCUT2D eigenvalue weighted by Crippen LogP contribution is -2.43. The lowest BCUT2D eigenvalue weighted by molar-refractivity contribution is 0.0573. The van der Waals surface area contributed by atoms with Crippen molar-refractivity contribution in [1.82, 2.24) is 20.1 Å². The van der Waals surface area contributed by atoms with Crippen LogP contribution in [0.5, 0.6) is 5.75 Å². The number of aliphatic hydroxyl groups is 2. The molecule has 5 aromatic rings. The number of halogens is 7. The van der Waals surface area contributed by atoms with Crippen molar-refractivity contribution >= 4 is 16.8 Å². The highest BCUT2D eigenvalue weighted by Crippen LogP contribution is 2.37. The predicted octanol–water partition coefficient (Wildman–Crippen LogP) is 6.09. The molecule has 0 unspecified atom stereocenters. The molecule has 246 valence electrons. The molecule has 0 bridgehead atoms. The number of nitrogens with one attached hydrogen (secondary N) is 1. The van der Waals surface area contributed by atoms with Crippen LogP contribution in [0.2, 0.25) is 0 Å². The number of alkyl halides is 2. The first-order chi connectivity index (χ1) is 22.0. The molecule has 2 aromatic heterocycles. The molecule has 0 aliphatic carbocycles. The van der Waals surface area contributed by atoms with Gasteiger partial charge in [-0.1, -0.05) is 12.1 Å². The van der Waals surface area contributed by atoms with Crippen LogP contribution in [-0.2, 0) is 11.2 Å². The Labute approximate surface area is 262 Å². The molecule has 1 amide bonds. The van der Waals surface area contributed by atoms with E-state index in [4.69, 9.17) is 4.74 Å². The Morgan fingerprint density at radius 1 is 0.979 bits per heavy atom. The van der Waals surface area contributed by atoms with Crippen LogP contribution >= 0.6 is 0 Å². The van der Waals surface area contributed by atoms with Crippen LogP contribution in [0.25, 0.3) is 22.2 Å². The first-order valence-corrected chi connectivity index (χ1v) is 13.7. The molecule has 0 aliphatic heterocycles. The summed E-state index contributed by atoms with van der Waals surface area (Å²) in [5.74, 6) is -7.62. The second-order valence-electron chi connectivity index (χ2n) is 11.1. The fourth-order valence-electron chi connectivity index (χ4n) is 4.97. The maximum atomic E-state index is 15.8. The summed E-state index contributed by atoms with van der Waals surface area (Å²) in [5, 5.41) is 29.2. The van der Waals surface area contributed by atoms with Gasteiger partial charge in [-0.25, -0.2) is 31.6 Å². The van der Waals surface area contributed by atoms with Crippen molar-refractivity contribution in [3.63, 3.8) is 0 Å². The molecule has 3 aromatic carbocycles. The minimum absolute atomic E-state index is 0.0272. The molecule has 0 radical (unpaired) electrons. The van der Waals surface area contributed by atoms with E-state index in [1.165, 1.54) is 31.4 Å². The number of ether oxygens (including phenoxy) is 1. The highest BCUT2D eigenvalue weighted by atomic mass is 19.3. The molecule has 3 N–H and O–H groups in total. The van der Waals surface area contributed by atoms with E-state index in [0.717, 1.165) is 38.2 Å². The highest BCUT2D eigenvalue weighted by molar-refractivity contribution is 6.00. The topological polar surface area (TPSA) is 110 Å². The normalized spacial score (nSPS) is 13.2. The number of hydrogen-bond acceptors (Lipinski definition) is 6. The van der Waals surface area contributed by atoms with Crippen LogP contribution in [0.3, 0.4) is 0 Å². The molecule has 1 atom stereocenters. The van der Waals surface area contributed by atoms with Gasteiger partial charge in [0.1, 0.15) is 34.2 Å². The second-order valence-corrected chi connectivity index (χ2v) is 11.1. The fourth-order valence-corrected chi connectivity index (χ4v) is 4.97. The van der Waals surface area contributed by atoms with E-state index in [9.17, 15) is 41.4 Å². The maximum absolute atomic E-state index is 15.8. The van der Waals surface area contributed by atoms with Crippen LogP contribution in [-0.4, -0.2) is 44.5 Å². The Hall–Kier alpha value is -5.02. The highest BCUT2D eigenvalue weighted by Gasteiger charge is 2.38. The summed E-state index contributed by atoms with van der Waals surface area (Å²) >= 11 is 0. The molecule has 0 saturated heterocycles. The van der Waals surface area contributed by atoms with Gasteiger partial charge in [0, 0.05) is 34.3 Å². The van der Waals surface area contributed by atoms with Gasteiger partial charge in [0.25, 0.3) is 5.91 Å². The first kappa shape index (κ1) is 33.3. The molecule has 47 heavy (non-hydrogen) atoms. The van der Waals surface area contributed by atoms with E-state index < -0.39 is 81.8 Å². The number of amides is 1. The number of fused-ring (bicyclic) bond motifs is 1. The third-order valence-corrected chi connectivity index (χ3v) is 7.39. The summed E-state index contributed by atoms with van der Waals surface area (Å²) in [4.78, 5) is 17.4. The van der Waals surface area contributed by atoms with Crippen molar-refractivity contribution < 1.29 is 50.5 Å². The fraction of sp³-hybridized carbons (Fsp3) is 0.219. The summed E-state index contributed by atoms with van der Waals surface area (Å²) < 4.78 is 105. The number of nitrogens with zero attached hydrogens (tertiary/aromatic N) is 3. The van der Waals surface area contributed by atoms with Gasteiger partial charge in [0.2, 0.25) is 0 Å². The summed E-state index contributed by atoms with van der Waals surface area (Å²) in [6, 6.07) is 8.23. The summed E-state index contributed by atoms with van der Waals surface area (Å²) in [6.07, 6.45) is 0.988. The average Bonchev–Trinajstić information content (AvgIpc) is 3.45. The molecule has 2 heterocycles. The van der Waals surface area contributed by atoms with Crippen LogP contribution in [0.15, 0.2) is 60.8 Å². The molecule has 0 saturated carbocycles.